The minimum atomic E-state index is -1.01. The number of anilines is 2. The van der Waals surface area contributed by atoms with E-state index in [1.54, 1.807) is 25.1 Å². The van der Waals surface area contributed by atoms with E-state index in [0.29, 0.717) is 37.1 Å². The van der Waals surface area contributed by atoms with Crippen LogP contribution in [0.5, 0.6) is 0 Å². The van der Waals surface area contributed by atoms with Gasteiger partial charge in [-0.25, -0.2) is 13.8 Å². The third-order valence-electron chi connectivity index (χ3n) is 5.64. The molecule has 0 saturated heterocycles. The van der Waals surface area contributed by atoms with Gasteiger partial charge in [-0.15, -0.1) is 0 Å². The van der Waals surface area contributed by atoms with Gasteiger partial charge in [0.2, 0.25) is 0 Å². The van der Waals surface area contributed by atoms with Gasteiger partial charge in [0.25, 0.3) is 5.91 Å². The molecule has 0 unspecified atom stereocenters. The summed E-state index contributed by atoms with van der Waals surface area (Å²) in [5.74, 6) is -1.97. The van der Waals surface area contributed by atoms with Crippen molar-refractivity contribution in [3.63, 3.8) is 0 Å². The molecule has 0 radical (unpaired) electrons. The molecule has 0 aliphatic rings. The average Bonchev–Trinajstić information content (AvgIpc) is 2.86. The molecule has 0 spiro atoms. The molecule has 3 aromatic rings. The Morgan fingerprint density at radius 3 is 2.51 bits per heavy atom. The van der Waals surface area contributed by atoms with Crippen LogP contribution in [0.1, 0.15) is 47.3 Å². The molecule has 3 rings (SSSR count). The van der Waals surface area contributed by atoms with E-state index in [1.165, 1.54) is 29.1 Å². The number of halogens is 2. The predicted molar refractivity (Wildman–Crippen MR) is 131 cm³/mol. The summed E-state index contributed by atoms with van der Waals surface area (Å²) in [6.45, 7) is 7.92. The molecule has 0 bridgehead atoms. The van der Waals surface area contributed by atoms with Crippen molar-refractivity contribution in [1.82, 2.24) is 14.9 Å². The second-order valence-electron chi connectivity index (χ2n) is 7.88. The molecular formula is C26H29F2N5O2. The maximum Gasteiger partial charge on any atom is 0.251 e. The van der Waals surface area contributed by atoms with Gasteiger partial charge in [0, 0.05) is 42.4 Å². The van der Waals surface area contributed by atoms with E-state index in [2.05, 4.69) is 22.2 Å². The smallest absolute Gasteiger partial charge is 0.251 e. The molecular weight excluding hydrogens is 452 g/mol. The van der Waals surface area contributed by atoms with Crippen molar-refractivity contribution in [2.24, 2.45) is 0 Å². The van der Waals surface area contributed by atoms with E-state index in [9.17, 15) is 13.6 Å². The maximum atomic E-state index is 14.7. The van der Waals surface area contributed by atoms with Crippen molar-refractivity contribution >= 4 is 23.1 Å². The van der Waals surface area contributed by atoms with Crippen LogP contribution >= 0.6 is 0 Å². The van der Waals surface area contributed by atoms with Gasteiger partial charge in [-0.05, 0) is 54.7 Å². The van der Waals surface area contributed by atoms with Gasteiger partial charge < -0.3 is 15.7 Å². The van der Waals surface area contributed by atoms with E-state index in [-0.39, 0.29) is 40.6 Å². The first-order valence-electron chi connectivity index (χ1n) is 11.4. The van der Waals surface area contributed by atoms with Crippen LogP contribution in [0.4, 0.5) is 20.3 Å². The van der Waals surface area contributed by atoms with Gasteiger partial charge >= 0.3 is 0 Å². The summed E-state index contributed by atoms with van der Waals surface area (Å²) in [4.78, 5) is 16.7. The number of aliphatic hydroxyl groups is 1. The van der Waals surface area contributed by atoms with Crippen LogP contribution in [0.25, 0.3) is 5.70 Å². The highest BCUT2D eigenvalue weighted by Gasteiger charge is 2.17. The number of amides is 1. The average molecular weight is 482 g/mol. The molecule has 4 N–H and O–H groups in total. The van der Waals surface area contributed by atoms with Crippen molar-refractivity contribution in [1.29, 1.82) is 5.41 Å². The summed E-state index contributed by atoms with van der Waals surface area (Å²) < 4.78 is 30.3. The van der Waals surface area contributed by atoms with Gasteiger partial charge in [0.1, 0.15) is 0 Å². The first-order valence-corrected chi connectivity index (χ1v) is 11.4. The fraction of sp³-hybridized carbons (Fsp3) is 0.269. The zero-order chi connectivity index (χ0) is 25.5. The highest BCUT2D eigenvalue weighted by Crippen LogP contribution is 2.24. The summed E-state index contributed by atoms with van der Waals surface area (Å²) in [5, 5.41) is 23.3. The quantitative estimate of drug-likeness (QED) is 0.327. The van der Waals surface area contributed by atoms with Gasteiger partial charge in [0.05, 0.1) is 5.70 Å². The Morgan fingerprint density at radius 2 is 1.83 bits per heavy atom. The first-order chi connectivity index (χ1) is 16.8. The molecule has 1 aromatic heterocycles. The van der Waals surface area contributed by atoms with Crippen molar-refractivity contribution in [2.45, 2.75) is 33.1 Å². The van der Waals surface area contributed by atoms with E-state index >= 15 is 0 Å². The van der Waals surface area contributed by atoms with Crippen LogP contribution in [0.15, 0.2) is 49.3 Å². The summed E-state index contributed by atoms with van der Waals surface area (Å²) in [6, 6.07) is 8.15. The first kappa shape index (κ1) is 25.8. The van der Waals surface area contributed by atoms with Crippen LogP contribution in [0.3, 0.4) is 0 Å². The van der Waals surface area contributed by atoms with Gasteiger partial charge in [-0.2, -0.15) is 0 Å². The molecule has 9 heteroatoms. The molecule has 7 nitrogen and oxygen atoms in total. The zero-order valence-corrected chi connectivity index (χ0v) is 19.8. The number of hydrogen-bond acceptors (Lipinski definition) is 5. The fourth-order valence-corrected chi connectivity index (χ4v) is 3.65. The number of carbonyl (C=O) groups is 1. The lowest BCUT2D eigenvalue weighted by molar-refractivity contribution is 0.0950. The van der Waals surface area contributed by atoms with E-state index in [0.717, 1.165) is 5.56 Å². The molecule has 0 aliphatic carbocycles. The van der Waals surface area contributed by atoms with Crippen molar-refractivity contribution in [3.8, 4) is 0 Å². The Labute approximate surface area is 202 Å². The number of aliphatic hydroxyl groups excluding tert-OH is 1. The number of aryl methyl sites for hydroxylation is 2. The Hall–Kier alpha value is -3.85. The largest absolute Gasteiger partial charge is 0.396 e. The third-order valence-corrected chi connectivity index (χ3v) is 5.64. The Morgan fingerprint density at radius 1 is 1.11 bits per heavy atom. The summed E-state index contributed by atoms with van der Waals surface area (Å²) in [6.07, 6.45) is 4.33. The third kappa shape index (κ3) is 5.63. The Kier molecular flexibility index (Phi) is 8.48. The highest BCUT2D eigenvalue weighted by atomic mass is 19.2. The molecule has 0 saturated carbocycles. The SMILES string of the molecule is C=C(c1ccc(CC)c(F)c1F)n1ccnc(Nc2ccc(C(=O)NCCCO)c(CC)c2)c1=N. The van der Waals surface area contributed by atoms with E-state index < -0.39 is 11.6 Å². The van der Waals surface area contributed by atoms with Crippen molar-refractivity contribution < 1.29 is 18.7 Å². The van der Waals surface area contributed by atoms with Gasteiger partial charge in [-0.3, -0.25) is 14.8 Å². The Bertz CT molecular complexity index is 1300. The van der Waals surface area contributed by atoms with Crippen molar-refractivity contribution in [3.05, 3.63) is 88.7 Å². The molecule has 1 amide bonds. The molecule has 0 aliphatic heterocycles. The Balaban J connectivity index is 1.88. The van der Waals surface area contributed by atoms with Crippen LogP contribution in [0, 0.1) is 17.0 Å². The zero-order valence-electron chi connectivity index (χ0n) is 19.8. The number of nitrogens with zero attached hydrogens (tertiary/aromatic N) is 2. The molecule has 0 fully saturated rings. The molecule has 35 heavy (non-hydrogen) atoms. The number of nitrogens with one attached hydrogen (secondary N) is 3. The molecule has 0 atom stereocenters. The van der Waals surface area contributed by atoms with Crippen LogP contribution in [-0.4, -0.2) is 33.7 Å². The topological polar surface area (TPSA) is 103 Å². The lowest BCUT2D eigenvalue weighted by Crippen LogP contribution is -2.26. The monoisotopic (exact) mass is 481 g/mol. The minimum absolute atomic E-state index is 0.00135. The van der Waals surface area contributed by atoms with E-state index in [1.807, 2.05) is 6.92 Å². The van der Waals surface area contributed by atoms with Crippen LogP contribution in [-0.2, 0) is 12.8 Å². The summed E-state index contributed by atoms with van der Waals surface area (Å²) in [7, 11) is 0. The number of aromatic nitrogens is 2. The number of rotatable bonds is 10. The molecule has 184 valence electrons. The second kappa shape index (κ2) is 11.5. The van der Waals surface area contributed by atoms with Crippen molar-refractivity contribution in [2.75, 3.05) is 18.5 Å². The number of carbonyl (C=O) groups excluding carboxylic acids is 1. The second-order valence-corrected chi connectivity index (χ2v) is 7.88. The number of hydrogen-bond donors (Lipinski definition) is 4. The molecule has 2 aromatic carbocycles. The fourth-order valence-electron chi connectivity index (χ4n) is 3.65. The standard InChI is InChI=1S/C26H29F2N5O2/c1-4-17-7-9-20(23(28)22(17)27)16(3)33-13-12-30-25(24(33)29)32-19-8-10-21(18(5-2)15-19)26(35)31-11-6-14-34/h7-10,12-13,15,29,34H,3-6,11,14H2,1-2H3,(H,30,32)(H,31,35). The predicted octanol–water partition coefficient (Wildman–Crippen LogP) is 4.14. The lowest BCUT2D eigenvalue weighted by Gasteiger charge is -2.16. The van der Waals surface area contributed by atoms with Crippen LogP contribution in [0.2, 0.25) is 0 Å². The minimum Gasteiger partial charge on any atom is -0.396 e. The normalized spacial score (nSPS) is 10.8. The van der Waals surface area contributed by atoms with Crippen LogP contribution < -0.4 is 16.1 Å². The maximum absolute atomic E-state index is 14.7. The number of benzene rings is 2. The summed E-state index contributed by atoms with van der Waals surface area (Å²) in [5.41, 5.74) is 2.17. The summed E-state index contributed by atoms with van der Waals surface area (Å²) >= 11 is 0. The lowest BCUT2D eigenvalue weighted by atomic mass is 10.0. The molecule has 1 heterocycles. The highest BCUT2D eigenvalue weighted by molar-refractivity contribution is 5.96. The van der Waals surface area contributed by atoms with E-state index in [4.69, 9.17) is 10.5 Å². The van der Waals surface area contributed by atoms with Gasteiger partial charge in [-0.1, -0.05) is 26.5 Å². The van der Waals surface area contributed by atoms with Gasteiger partial charge in [0.15, 0.2) is 22.9 Å².